The molecule has 1 rings (SSSR count). The number of para-hydroxylation sites is 1. The van der Waals surface area contributed by atoms with E-state index in [4.69, 9.17) is 4.74 Å². The molecule has 0 aliphatic rings. The zero-order valence-corrected chi connectivity index (χ0v) is 15.1. The number of nitrogens with one attached hydrogen (secondary N) is 2. The minimum atomic E-state index is -0.236. The highest BCUT2D eigenvalue weighted by molar-refractivity contribution is 5.78. The van der Waals surface area contributed by atoms with Crippen LogP contribution in [0.4, 0.5) is 0 Å². The maximum atomic E-state index is 11.9. The van der Waals surface area contributed by atoms with E-state index in [9.17, 15) is 4.79 Å². The van der Waals surface area contributed by atoms with Crippen LogP contribution < -0.4 is 15.4 Å². The van der Waals surface area contributed by atoms with Crippen molar-refractivity contribution in [2.24, 2.45) is 0 Å². The lowest BCUT2D eigenvalue weighted by molar-refractivity contribution is -0.124. The first kappa shape index (κ1) is 19.5. The van der Waals surface area contributed by atoms with Crippen molar-refractivity contribution in [3.05, 3.63) is 29.8 Å². The Hall–Kier alpha value is -1.55. The molecule has 0 aliphatic heterocycles. The topological polar surface area (TPSA) is 50.4 Å². The fourth-order valence-electron chi connectivity index (χ4n) is 2.29. The van der Waals surface area contributed by atoms with Crippen LogP contribution in [0.25, 0.3) is 0 Å². The van der Waals surface area contributed by atoms with Gasteiger partial charge in [-0.15, -0.1) is 0 Å². The van der Waals surface area contributed by atoms with E-state index in [1.165, 1.54) is 25.7 Å². The summed E-state index contributed by atoms with van der Waals surface area (Å²) in [4.78, 5) is 11.9. The largest absolute Gasteiger partial charge is 0.483 e. The molecular weight excluding hydrogens is 288 g/mol. The average Bonchev–Trinajstić information content (AvgIpc) is 2.48. The van der Waals surface area contributed by atoms with E-state index in [2.05, 4.69) is 17.6 Å². The molecule has 0 saturated heterocycles. The first-order valence-corrected chi connectivity index (χ1v) is 8.65. The van der Waals surface area contributed by atoms with Crippen molar-refractivity contribution in [3.63, 3.8) is 0 Å². The monoisotopic (exact) mass is 320 g/mol. The van der Waals surface area contributed by atoms with Crippen LogP contribution in [0.5, 0.6) is 5.75 Å². The Morgan fingerprint density at radius 1 is 1.13 bits per heavy atom. The molecule has 1 amide bonds. The van der Waals surface area contributed by atoms with E-state index in [1.807, 2.05) is 45.0 Å². The van der Waals surface area contributed by atoms with Gasteiger partial charge in [0.15, 0.2) is 6.61 Å². The molecule has 1 aromatic rings. The van der Waals surface area contributed by atoms with Crippen LogP contribution in [0, 0.1) is 0 Å². The second-order valence-electron chi connectivity index (χ2n) is 6.93. The lowest BCUT2D eigenvalue weighted by atomic mass is 10.1. The molecule has 0 aliphatic carbocycles. The Morgan fingerprint density at radius 3 is 2.57 bits per heavy atom. The number of carbonyl (C=O) groups is 1. The second kappa shape index (κ2) is 10.3. The Kier molecular flexibility index (Phi) is 8.70. The first-order valence-electron chi connectivity index (χ1n) is 8.65. The summed E-state index contributed by atoms with van der Waals surface area (Å²) in [6, 6.07) is 7.88. The molecule has 0 saturated carbocycles. The van der Waals surface area contributed by atoms with Crippen molar-refractivity contribution >= 4 is 5.91 Å². The van der Waals surface area contributed by atoms with Crippen LogP contribution in [-0.2, 0) is 11.3 Å². The fraction of sp³-hybridized carbons (Fsp3) is 0.632. The number of hydrogen-bond acceptors (Lipinski definition) is 3. The van der Waals surface area contributed by atoms with Gasteiger partial charge in [0.05, 0.1) is 0 Å². The Bertz CT molecular complexity index is 467. The van der Waals surface area contributed by atoms with E-state index in [1.54, 1.807) is 0 Å². The SMILES string of the molecule is CCCCCCNCc1ccccc1OCC(=O)NC(C)(C)C. The van der Waals surface area contributed by atoms with Gasteiger partial charge in [-0.25, -0.2) is 0 Å². The number of amides is 1. The Morgan fingerprint density at radius 2 is 1.87 bits per heavy atom. The molecule has 0 atom stereocenters. The normalized spacial score (nSPS) is 11.3. The summed E-state index contributed by atoms with van der Waals surface area (Å²) in [5.41, 5.74) is 0.853. The van der Waals surface area contributed by atoms with Gasteiger partial charge in [-0.1, -0.05) is 44.4 Å². The molecule has 0 bridgehead atoms. The van der Waals surface area contributed by atoms with E-state index >= 15 is 0 Å². The summed E-state index contributed by atoms with van der Waals surface area (Å²) < 4.78 is 5.69. The van der Waals surface area contributed by atoms with Crippen LogP contribution in [0.1, 0.15) is 58.9 Å². The smallest absolute Gasteiger partial charge is 0.258 e. The second-order valence-corrected chi connectivity index (χ2v) is 6.93. The molecule has 4 heteroatoms. The van der Waals surface area contributed by atoms with Gasteiger partial charge in [-0.2, -0.15) is 0 Å². The van der Waals surface area contributed by atoms with Gasteiger partial charge in [0.2, 0.25) is 0 Å². The van der Waals surface area contributed by atoms with Crippen molar-refractivity contribution in [2.75, 3.05) is 13.2 Å². The standard InChI is InChI=1S/C19H32N2O2/c1-5-6-7-10-13-20-14-16-11-8-9-12-17(16)23-15-18(22)21-19(2,3)4/h8-9,11-12,20H,5-7,10,13-15H2,1-4H3,(H,21,22). The van der Waals surface area contributed by atoms with Gasteiger partial charge in [0.1, 0.15) is 5.75 Å². The number of unbranched alkanes of at least 4 members (excludes halogenated alkanes) is 3. The molecule has 0 heterocycles. The molecule has 1 aromatic carbocycles. The summed E-state index contributed by atoms with van der Waals surface area (Å²) in [7, 11) is 0. The quantitative estimate of drug-likeness (QED) is 0.647. The predicted octanol–water partition coefficient (Wildman–Crippen LogP) is 3.65. The maximum absolute atomic E-state index is 11.9. The zero-order chi connectivity index (χ0) is 17.1. The van der Waals surface area contributed by atoms with Crippen molar-refractivity contribution in [1.82, 2.24) is 10.6 Å². The molecule has 130 valence electrons. The van der Waals surface area contributed by atoms with E-state index in [-0.39, 0.29) is 18.1 Å². The summed E-state index contributed by atoms with van der Waals surface area (Å²) >= 11 is 0. The average molecular weight is 320 g/mol. The van der Waals surface area contributed by atoms with Crippen molar-refractivity contribution in [3.8, 4) is 5.75 Å². The van der Waals surface area contributed by atoms with Crippen molar-refractivity contribution in [1.29, 1.82) is 0 Å². The molecule has 0 fully saturated rings. The number of ether oxygens (including phenoxy) is 1. The molecule has 0 radical (unpaired) electrons. The third kappa shape index (κ3) is 9.24. The van der Waals surface area contributed by atoms with Crippen LogP contribution in [0.2, 0.25) is 0 Å². The molecule has 0 aromatic heterocycles. The number of carbonyl (C=O) groups excluding carboxylic acids is 1. The Balaban J connectivity index is 2.40. The lowest BCUT2D eigenvalue weighted by Crippen LogP contribution is -2.43. The third-order valence-electron chi connectivity index (χ3n) is 3.37. The third-order valence-corrected chi connectivity index (χ3v) is 3.37. The maximum Gasteiger partial charge on any atom is 0.258 e. The zero-order valence-electron chi connectivity index (χ0n) is 15.1. The molecular formula is C19H32N2O2. The van der Waals surface area contributed by atoms with E-state index < -0.39 is 0 Å². The van der Waals surface area contributed by atoms with Crippen LogP contribution >= 0.6 is 0 Å². The number of rotatable bonds is 10. The van der Waals surface area contributed by atoms with Gasteiger partial charge in [-0.05, 0) is 39.8 Å². The predicted molar refractivity (Wildman–Crippen MR) is 95.7 cm³/mol. The van der Waals surface area contributed by atoms with Crippen LogP contribution in [0.3, 0.4) is 0 Å². The summed E-state index contributed by atoms with van der Waals surface area (Å²) in [6.45, 7) is 9.92. The van der Waals surface area contributed by atoms with Crippen molar-refractivity contribution < 1.29 is 9.53 Å². The molecule has 4 nitrogen and oxygen atoms in total. The van der Waals surface area contributed by atoms with Crippen molar-refractivity contribution in [2.45, 2.75) is 65.5 Å². The van der Waals surface area contributed by atoms with Gasteiger partial charge in [0.25, 0.3) is 5.91 Å². The summed E-state index contributed by atoms with van der Waals surface area (Å²) in [5.74, 6) is 0.678. The van der Waals surface area contributed by atoms with Gasteiger partial charge >= 0.3 is 0 Å². The first-order chi connectivity index (χ1) is 10.9. The fourth-order valence-corrected chi connectivity index (χ4v) is 2.29. The van der Waals surface area contributed by atoms with Crippen LogP contribution in [0.15, 0.2) is 24.3 Å². The minimum Gasteiger partial charge on any atom is -0.483 e. The van der Waals surface area contributed by atoms with E-state index in [0.29, 0.717) is 0 Å². The highest BCUT2D eigenvalue weighted by Crippen LogP contribution is 2.17. The molecule has 23 heavy (non-hydrogen) atoms. The highest BCUT2D eigenvalue weighted by atomic mass is 16.5. The molecule has 0 unspecified atom stereocenters. The highest BCUT2D eigenvalue weighted by Gasteiger charge is 2.14. The summed E-state index contributed by atoms with van der Waals surface area (Å²) in [5, 5.41) is 6.35. The molecule has 0 spiro atoms. The van der Waals surface area contributed by atoms with E-state index in [0.717, 1.165) is 24.4 Å². The van der Waals surface area contributed by atoms with Gasteiger partial charge in [0, 0.05) is 17.6 Å². The minimum absolute atomic E-state index is 0.0464. The van der Waals surface area contributed by atoms with Gasteiger partial charge < -0.3 is 15.4 Å². The van der Waals surface area contributed by atoms with Gasteiger partial charge in [-0.3, -0.25) is 4.79 Å². The number of hydrogen-bond donors (Lipinski definition) is 2. The Labute approximate surface area is 141 Å². The lowest BCUT2D eigenvalue weighted by Gasteiger charge is -2.20. The number of benzene rings is 1. The summed E-state index contributed by atoms with van der Waals surface area (Å²) in [6.07, 6.45) is 5.02. The molecule has 2 N–H and O–H groups in total. The van der Waals surface area contributed by atoms with Crippen LogP contribution in [-0.4, -0.2) is 24.6 Å².